The molecule has 0 bridgehead atoms. The molecule has 1 unspecified atom stereocenters. The van der Waals surface area contributed by atoms with Crippen molar-refractivity contribution in [3.63, 3.8) is 0 Å². The minimum absolute atomic E-state index is 0.0382. The third-order valence-corrected chi connectivity index (χ3v) is 3.62. The van der Waals surface area contributed by atoms with Crippen LogP contribution in [0, 0.1) is 5.92 Å². The zero-order chi connectivity index (χ0) is 13.0. The molecule has 1 aliphatic heterocycles. The molecule has 18 heavy (non-hydrogen) atoms. The lowest BCUT2D eigenvalue weighted by Gasteiger charge is -2.30. The Morgan fingerprint density at radius 1 is 1.39 bits per heavy atom. The molecular formula is C14H23N3O. The summed E-state index contributed by atoms with van der Waals surface area (Å²) < 4.78 is 1.71. The number of nitrogens with zero attached hydrogens (tertiary/aromatic N) is 2. The molecule has 100 valence electrons. The highest BCUT2D eigenvalue weighted by molar-refractivity contribution is 5.33. The Morgan fingerprint density at radius 2 is 2.22 bits per heavy atom. The second-order valence-electron chi connectivity index (χ2n) is 5.40. The van der Waals surface area contributed by atoms with Gasteiger partial charge in [0.15, 0.2) is 0 Å². The molecule has 2 N–H and O–H groups in total. The number of hydrogen-bond donors (Lipinski definition) is 1. The fourth-order valence-corrected chi connectivity index (χ4v) is 2.68. The molecule has 0 saturated carbocycles. The second-order valence-corrected chi connectivity index (χ2v) is 5.40. The lowest BCUT2D eigenvalue weighted by Crippen LogP contribution is -2.35. The highest BCUT2D eigenvalue weighted by atomic mass is 16.1. The number of likely N-dealkylation sites (tertiary alicyclic amines) is 1. The SMILES string of the molecule is CC1CCCN(CCCn2cc(N)ccc2=O)C1. The number of nitrogen functional groups attached to an aromatic ring is 1. The monoisotopic (exact) mass is 249 g/mol. The van der Waals surface area contributed by atoms with E-state index in [2.05, 4.69) is 11.8 Å². The quantitative estimate of drug-likeness (QED) is 0.881. The summed E-state index contributed by atoms with van der Waals surface area (Å²) in [5.41, 5.74) is 6.38. The van der Waals surface area contributed by atoms with Gasteiger partial charge in [-0.05, 0) is 44.3 Å². The maximum atomic E-state index is 11.6. The standard InChI is InChI=1S/C14H23N3O/c1-12-4-2-7-16(10-12)8-3-9-17-11-13(15)5-6-14(17)18/h5-6,11-12H,2-4,7-10,15H2,1H3. The van der Waals surface area contributed by atoms with Crippen molar-refractivity contribution >= 4 is 5.69 Å². The van der Waals surface area contributed by atoms with E-state index in [9.17, 15) is 4.79 Å². The fourth-order valence-electron chi connectivity index (χ4n) is 2.68. The van der Waals surface area contributed by atoms with Gasteiger partial charge in [-0.2, -0.15) is 0 Å². The molecule has 4 nitrogen and oxygen atoms in total. The number of nitrogens with two attached hydrogens (primary N) is 1. The number of pyridine rings is 1. The van der Waals surface area contributed by atoms with Crippen LogP contribution in [0.4, 0.5) is 5.69 Å². The Morgan fingerprint density at radius 3 is 3.00 bits per heavy atom. The molecule has 0 aromatic carbocycles. The summed E-state index contributed by atoms with van der Waals surface area (Å²) in [6, 6.07) is 3.20. The van der Waals surface area contributed by atoms with Gasteiger partial charge in [-0.15, -0.1) is 0 Å². The first-order valence-corrected chi connectivity index (χ1v) is 6.83. The van der Waals surface area contributed by atoms with Crippen LogP contribution in [-0.2, 0) is 6.54 Å². The summed E-state index contributed by atoms with van der Waals surface area (Å²) in [6.45, 7) is 6.55. The van der Waals surface area contributed by atoms with Crippen LogP contribution in [0.15, 0.2) is 23.1 Å². The van der Waals surface area contributed by atoms with E-state index in [1.807, 2.05) is 0 Å². The average molecular weight is 249 g/mol. The highest BCUT2D eigenvalue weighted by Crippen LogP contribution is 2.15. The summed E-state index contributed by atoms with van der Waals surface area (Å²) in [6.07, 6.45) is 5.40. The van der Waals surface area contributed by atoms with Gasteiger partial charge < -0.3 is 15.2 Å². The van der Waals surface area contributed by atoms with Crippen LogP contribution in [0.5, 0.6) is 0 Å². The van der Waals surface area contributed by atoms with E-state index >= 15 is 0 Å². The van der Waals surface area contributed by atoms with Crippen molar-refractivity contribution in [3.05, 3.63) is 28.7 Å². The van der Waals surface area contributed by atoms with Gasteiger partial charge in [-0.25, -0.2) is 0 Å². The normalized spacial score (nSPS) is 21.1. The molecule has 0 spiro atoms. The van der Waals surface area contributed by atoms with E-state index in [4.69, 9.17) is 5.73 Å². The first kappa shape index (κ1) is 13.1. The molecule has 1 fully saturated rings. The van der Waals surface area contributed by atoms with E-state index in [0.29, 0.717) is 5.69 Å². The van der Waals surface area contributed by atoms with E-state index in [0.717, 1.165) is 25.4 Å². The van der Waals surface area contributed by atoms with Gasteiger partial charge in [0, 0.05) is 31.0 Å². The van der Waals surface area contributed by atoms with Gasteiger partial charge in [-0.1, -0.05) is 6.92 Å². The zero-order valence-electron chi connectivity index (χ0n) is 11.1. The Bertz CT molecular complexity index is 441. The smallest absolute Gasteiger partial charge is 0.250 e. The van der Waals surface area contributed by atoms with Gasteiger partial charge in [0.05, 0.1) is 0 Å². The fraction of sp³-hybridized carbons (Fsp3) is 0.643. The minimum Gasteiger partial charge on any atom is -0.398 e. The van der Waals surface area contributed by atoms with Crippen molar-refractivity contribution in [3.8, 4) is 0 Å². The van der Waals surface area contributed by atoms with Crippen LogP contribution in [0.1, 0.15) is 26.2 Å². The summed E-state index contributed by atoms with van der Waals surface area (Å²) in [7, 11) is 0. The molecule has 1 saturated heterocycles. The van der Waals surface area contributed by atoms with Crippen molar-refractivity contribution < 1.29 is 0 Å². The molecule has 1 aromatic rings. The minimum atomic E-state index is 0.0382. The molecule has 1 atom stereocenters. The molecule has 0 amide bonds. The van der Waals surface area contributed by atoms with Gasteiger partial charge in [0.1, 0.15) is 0 Å². The number of anilines is 1. The van der Waals surface area contributed by atoms with E-state index in [1.54, 1.807) is 16.8 Å². The first-order valence-electron chi connectivity index (χ1n) is 6.83. The summed E-state index contributed by atoms with van der Waals surface area (Å²) in [5.74, 6) is 0.814. The maximum absolute atomic E-state index is 11.6. The first-order chi connectivity index (χ1) is 8.65. The van der Waals surface area contributed by atoms with Gasteiger partial charge in [0.25, 0.3) is 5.56 Å². The summed E-state index contributed by atoms with van der Waals surface area (Å²) in [4.78, 5) is 14.1. The van der Waals surface area contributed by atoms with Crippen LogP contribution in [0.2, 0.25) is 0 Å². The van der Waals surface area contributed by atoms with E-state index in [-0.39, 0.29) is 5.56 Å². The maximum Gasteiger partial charge on any atom is 0.250 e. The van der Waals surface area contributed by atoms with Crippen LogP contribution < -0.4 is 11.3 Å². The van der Waals surface area contributed by atoms with Crippen molar-refractivity contribution in [2.75, 3.05) is 25.4 Å². The van der Waals surface area contributed by atoms with Crippen LogP contribution >= 0.6 is 0 Å². The van der Waals surface area contributed by atoms with Gasteiger partial charge in [-0.3, -0.25) is 4.79 Å². The molecular weight excluding hydrogens is 226 g/mol. The number of piperidine rings is 1. The predicted octanol–water partition coefficient (Wildman–Crippen LogP) is 1.55. The third-order valence-electron chi connectivity index (χ3n) is 3.62. The summed E-state index contributed by atoms with van der Waals surface area (Å²) in [5, 5.41) is 0. The van der Waals surface area contributed by atoms with Crippen LogP contribution in [0.3, 0.4) is 0 Å². The Kier molecular flexibility index (Phi) is 4.42. The number of hydrogen-bond acceptors (Lipinski definition) is 3. The highest BCUT2D eigenvalue weighted by Gasteiger charge is 2.15. The van der Waals surface area contributed by atoms with Crippen LogP contribution in [-0.4, -0.2) is 29.1 Å². The number of aryl methyl sites for hydroxylation is 1. The third kappa shape index (κ3) is 3.60. The molecule has 2 heterocycles. The largest absolute Gasteiger partial charge is 0.398 e. The summed E-state index contributed by atoms with van der Waals surface area (Å²) >= 11 is 0. The zero-order valence-corrected chi connectivity index (χ0v) is 11.1. The van der Waals surface area contributed by atoms with Crippen LogP contribution in [0.25, 0.3) is 0 Å². The number of rotatable bonds is 4. The second kappa shape index (κ2) is 6.05. The molecule has 4 heteroatoms. The topological polar surface area (TPSA) is 51.3 Å². The molecule has 1 aliphatic rings. The van der Waals surface area contributed by atoms with E-state index in [1.165, 1.54) is 32.0 Å². The molecule has 2 rings (SSSR count). The van der Waals surface area contributed by atoms with Gasteiger partial charge in [0.2, 0.25) is 0 Å². The molecule has 0 aliphatic carbocycles. The van der Waals surface area contributed by atoms with Crippen molar-refractivity contribution in [2.24, 2.45) is 5.92 Å². The van der Waals surface area contributed by atoms with Crippen molar-refractivity contribution in [2.45, 2.75) is 32.7 Å². The lowest BCUT2D eigenvalue weighted by molar-refractivity contribution is 0.179. The molecule has 0 radical (unpaired) electrons. The van der Waals surface area contributed by atoms with Crippen molar-refractivity contribution in [1.29, 1.82) is 0 Å². The number of aromatic nitrogens is 1. The lowest BCUT2D eigenvalue weighted by atomic mass is 10.0. The Balaban J connectivity index is 1.81. The van der Waals surface area contributed by atoms with Crippen molar-refractivity contribution in [1.82, 2.24) is 9.47 Å². The van der Waals surface area contributed by atoms with E-state index < -0.39 is 0 Å². The van der Waals surface area contributed by atoms with Gasteiger partial charge >= 0.3 is 0 Å². The average Bonchev–Trinajstić information content (AvgIpc) is 2.34. The Hall–Kier alpha value is -1.29. The molecule has 1 aromatic heterocycles. The predicted molar refractivity (Wildman–Crippen MR) is 74.6 cm³/mol. The Labute approximate surface area is 108 Å².